The monoisotopic (exact) mass is 260 g/mol. The summed E-state index contributed by atoms with van der Waals surface area (Å²) in [5, 5.41) is 0. The molecule has 0 saturated heterocycles. The van der Waals surface area contributed by atoms with Crippen LogP contribution in [0.5, 0.6) is 0 Å². The summed E-state index contributed by atoms with van der Waals surface area (Å²) in [6.45, 7) is 2.25. The van der Waals surface area contributed by atoms with Crippen LogP contribution in [0.2, 0.25) is 0 Å². The Balaban J connectivity index is 1.83. The van der Waals surface area contributed by atoms with Gasteiger partial charge in [-0.25, -0.2) is 9.97 Å². The third-order valence-corrected chi connectivity index (χ3v) is 3.47. The molecule has 0 radical (unpaired) electrons. The topological polar surface area (TPSA) is 92.8 Å². The van der Waals surface area contributed by atoms with E-state index in [1.54, 1.807) is 6.33 Å². The molecule has 2 aromatic heterocycles. The molecular formula is C12H16N6O. The summed E-state index contributed by atoms with van der Waals surface area (Å²) < 4.78 is 1.99. The molecule has 0 aromatic carbocycles. The van der Waals surface area contributed by atoms with Crippen LogP contribution in [0.15, 0.2) is 17.3 Å². The lowest BCUT2D eigenvalue weighted by atomic mass is 10.1. The smallest absolute Gasteiger partial charge is 0.257 e. The molecule has 0 fully saturated rings. The Morgan fingerprint density at radius 2 is 2.37 bits per heavy atom. The van der Waals surface area contributed by atoms with Gasteiger partial charge in [-0.2, -0.15) is 0 Å². The Morgan fingerprint density at radius 1 is 1.53 bits per heavy atom. The number of nitrogen functional groups attached to an aromatic ring is 1. The van der Waals surface area contributed by atoms with Crippen molar-refractivity contribution in [3.8, 4) is 0 Å². The van der Waals surface area contributed by atoms with Crippen molar-refractivity contribution in [3.05, 3.63) is 39.8 Å². The summed E-state index contributed by atoms with van der Waals surface area (Å²) in [5.41, 5.74) is 8.10. The summed E-state index contributed by atoms with van der Waals surface area (Å²) in [5.74, 6) is 0.198. The van der Waals surface area contributed by atoms with Crippen molar-refractivity contribution in [3.63, 3.8) is 0 Å². The number of H-pyrrole nitrogens is 1. The molecule has 0 unspecified atom stereocenters. The minimum Gasteiger partial charge on any atom is -0.369 e. The lowest BCUT2D eigenvalue weighted by molar-refractivity contribution is 0.237. The number of aromatic amines is 1. The highest BCUT2D eigenvalue weighted by atomic mass is 16.1. The van der Waals surface area contributed by atoms with Gasteiger partial charge in [0.1, 0.15) is 0 Å². The molecule has 0 amide bonds. The van der Waals surface area contributed by atoms with E-state index in [0.29, 0.717) is 6.54 Å². The van der Waals surface area contributed by atoms with Gasteiger partial charge in [0.25, 0.3) is 5.56 Å². The van der Waals surface area contributed by atoms with Crippen LogP contribution in [0.3, 0.4) is 0 Å². The number of aryl methyl sites for hydroxylation is 1. The highest BCUT2D eigenvalue weighted by molar-refractivity contribution is 5.27. The number of anilines is 1. The maximum atomic E-state index is 11.9. The SMILES string of the molecule is Cn1cncc1CN1CCc2nc(N)[nH]c(=O)c2C1. The van der Waals surface area contributed by atoms with Crippen LogP contribution in [0.1, 0.15) is 17.0 Å². The van der Waals surface area contributed by atoms with Crippen molar-refractivity contribution in [2.75, 3.05) is 12.3 Å². The highest BCUT2D eigenvalue weighted by Crippen LogP contribution is 2.16. The van der Waals surface area contributed by atoms with Crippen molar-refractivity contribution in [2.24, 2.45) is 7.05 Å². The number of hydrogen-bond acceptors (Lipinski definition) is 5. The van der Waals surface area contributed by atoms with Crippen molar-refractivity contribution in [1.82, 2.24) is 24.4 Å². The molecule has 7 nitrogen and oxygen atoms in total. The largest absolute Gasteiger partial charge is 0.369 e. The van der Waals surface area contributed by atoms with Gasteiger partial charge < -0.3 is 10.3 Å². The van der Waals surface area contributed by atoms with Crippen molar-refractivity contribution in [1.29, 1.82) is 0 Å². The van der Waals surface area contributed by atoms with Crippen LogP contribution in [-0.2, 0) is 26.6 Å². The zero-order chi connectivity index (χ0) is 13.4. The molecule has 1 aliphatic heterocycles. The van der Waals surface area contributed by atoms with Gasteiger partial charge in [0.15, 0.2) is 0 Å². The molecule has 0 saturated carbocycles. The summed E-state index contributed by atoms with van der Waals surface area (Å²) in [6, 6.07) is 0. The van der Waals surface area contributed by atoms with Gasteiger partial charge >= 0.3 is 0 Å². The maximum Gasteiger partial charge on any atom is 0.257 e. The average Bonchev–Trinajstić information content (AvgIpc) is 2.76. The molecule has 0 bridgehead atoms. The lowest BCUT2D eigenvalue weighted by Gasteiger charge is -2.27. The molecule has 0 atom stereocenters. The molecular weight excluding hydrogens is 244 g/mol. The maximum absolute atomic E-state index is 11.9. The predicted molar refractivity (Wildman–Crippen MR) is 70.3 cm³/mol. The second-order valence-electron chi connectivity index (χ2n) is 4.83. The first-order valence-corrected chi connectivity index (χ1v) is 6.18. The quantitative estimate of drug-likeness (QED) is 0.769. The fourth-order valence-corrected chi connectivity index (χ4v) is 2.40. The molecule has 3 rings (SSSR count). The first kappa shape index (κ1) is 11.9. The number of nitrogens with one attached hydrogen (secondary N) is 1. The van der Waals surface area contributed by atoms with Crippen molar-refractivity contribution in [2.45, 2.75) is 19.5 Å². The van der Waals surface area contributed by atoms with E-state index in [0.717, 1.165) is 36.5 Å². The first-order valence-electron chi connectivity index (χ1n) is 6.18. The molecule has 19 heavy (non-hydrogen) atoms. The third kappa shape index (κ3) is 2.24. The van der Waals surface area contributed by atoms with E-state index in [-0.39, 0.29) is 11.5 Å². The van der Waals surface area contributed by atoms with Gasteiger partial charge in [0.05, 0.1) is 23.3 Å². The number of rotatable bonds is 2. The summed E-state index contributed by atoms with van der Waals surface area (Å²) >= 11 is 0. The third-order valence-electron chi connectivity index (χ3n) is 3.47. The molecule has 100 valence electrons. The number of nitrogens with two attached hydrogens (primary N) is 1. The molecule has 1 aliphatic rings. The fourth-order valence-electron chi connectivity index (χ4n) is 2.40. The van der Waals surface area contributed by atoms with Crippen LogP contribution in [0.25, 0.3) is 0 Å². The number of aromatic nitrogens is 4. The standard InChI is InChI=1S/C12H16N6O/c1-17-7-14-4-8(17)5-18-3-2-10-9(6-18)11(19)16-12(13)15-10/h4,7H,2-3,5-6H2,1H3,(H3,13,15,16,19). The van der Waals surface area contributed by atoms with Gasteiger partial charge in [-0.05, 0) is 0 Å². The summed E-state index contributed by atoms with van der Waals surface area (Å²) in [4.78, 5) is 25.0. The molecule has 7 heteroatoms. The zero-order valence-corrected chi connectivity index (χ0v) is 10.8. The van der Waals surface area contributed by atoms with Crippen LogP contribution >= 0.6 is 0 Å². The van der Waals surface area contributed by atoms with Crippen LogP contribution < -0.4 is 11.3 Å². The Hall–Kier alpha value is -2.15. The van der Waals surface area contributed by atoms with E-state index < -0.39 is 0 Å². The molecule has 3 N–H and O–H groups in total. The number of hydrogen-bond donors (Lipinski definition) is 2. The van der Waals surface area contributed by atoms with E-state index in [1.807, 2.05) is 17.8 Å². The molecule has 3 heterocycles. The second-order valence-corrected chi connectivity index (χ2v) is 4.83. The van der Waals surface area contributed by atoms with Crippen LogP contribution in [0, 0.1) is 0 Å². The van der Waals surface area contributed by atoms with Gasteiger partial charge in [0, 0.05) is 39.3 Å². The lowest BCUT2D eigenvalue weighted by Crippen LogP contribution is -2.35. The predicted octanol–water partition coefficient (Wildman–Crippen LogP) is -0.356. The van der Waals surface area contributed by atoms with E-state index in [9.17, 15) is 4.79 Å². The Morgan fingerprint density at radius 3 is 3.11 bits per heavy atom. The van der Waals surface area contributed by atoms with Gasteiger partial charge in [0.2, 0.25) is 5.95 Å². The van der Waals surface area contributed by atoms with E-state index >= 15 is 0 Å². The Kier molecular flexibility index (Phi) is 2.83. The second kappa shape index (κ2) is 4.51. The Labute approximate surface area is 110 Å². The number of nitrogens with zero attached hydrogens (tertiary/aromatic N) is 4. The summed E-state index contributed by atoms with van der Waals surface area (Å²) in [7, 11) is 1.97. The first-order chi connectivity index (χ1) is 9.13. The van der Waals surface area contributed by atoms with E-state index in [1.165, 1.54) is 0 Å². The average molecular weight is 260 g/mol. The van der Waals surface area contributed by atoms with E-state index in [4.69, 9.17) is 5.73 Å². The molecule has 2 aromatic rings. The van der Waals surface area contributed by atoms with E-state index in [2.05, 4.69) is 19.9 Å². The van der Waals surface area contributed by atoms with Crippen molar-refractivity contribution >= 4 is 5.95 Å². The zero-order valence-electron chi connectivity index (χ0n) is 10.8. The fraction of sp³-hybridized carbons (Fsp3) is 0.417. The van der Waals surface area contributed by atoms with Crippen molar-refractivity contribution < 1.29 is 0 Å². The normalized spacial score (nSPS) is 15.4. The summed E-state index contributed by atoms with van der Waals surface area (Å²) in [6.07, 6.45) is 4.38. The van der Waals surface area contributed by atoms with Crippen LogP contribution in [-0.4, -0.2) is 31.0 Å². The number of imidazole rings is 1. The van der Waals surface area contributed by atoms with Gasteiger partial charge in [-0.1, -0.05) is 0 Å². The highest BCUT2D eigenvalue weighted by Gasteiger charge is 2.21. The van der Waals surface area contributed by atoms with Gasteiger partial charge in [-0.15, -0.1) is 0 Å². The molecule has 0 spiro atoms. The Bertz CT molecular complexity index is 658. The molecule has 0 aliphatic carbocycles. The number of fused-ring (bicyclic) bond motifs is 1. The van der Waals surface area contributed by atoms with Gasteiger partial charge in [-0.3, -0.25) is 14.7 Å². The minimum atomic E-state index is -0.128. The minimum absolute atomic E-state index is 0.128. The van der Waals surface area contributed by atoms with Crippen LogP contribution in [0.4, 0.5) is 5.95 Å².